The second kappa shape index (κ2) is 6.40. The second-order valence-electron chi connectivity index (χ2n) is 4.83. The minimum atomic E-state index is 0.219. The lowest BCUT2D eigenvalue weighted by atomic mass is 9.95. The molecule has 1 N–H and O–H groups in total. The Balaban J connectivity index is 2.26. The first-order valence-corrected chi connectivity index (χ1v) is 7.44. The molecule has 0 aliphatic heterocycles. The molecule has 19 heavy (non-hydrogen) atoms. The molecule has 2 nitrogen and oxygen atoms in total. The van der Waals surface area contributed by atoms with E-state index in [0.29, 0.717) is 0 Å². The quantitative estimate of drug-likeness (QED) is 0.873. The van der Waals surface area contributed by atoms with Crippen molar-refractivity contribution in [2.75, 3.05) is 6.54 Å². The van der Waals surface area contributed by atoms with Crippen LogP contribution in [0.2, 0.25) is 0 Å². The van der Waals surface area contributed by atoms with E-state index in [9.17, 15) is 0 Å². The zero-order chi connectivity index (χ0) is 13.8. The summed E-state index contributed by atoms with van der Waals surface area (Å²) in [5, 5.41) is 3.50. The van der Waals surface area contributed by atoms with Gasteiger partial charge < -0.3 is 9.73 Å². The van der Waals surface area contributed by atoms with Gasteiger partial charge in [-0.15, -0.1) is 0 Å². The first kappa shape index (κ1) is 14.4. The molecule has 0 amide bonds. The number of benzene rings is 1. The molecule has 0 spiro atoms. The summed E-state index contributed by atoms with van der Waals surface area (Å²) >= 11 is 3.37. The van der Waals surface area contributed by atoms with Gasteiger partial charge in [-0.3, -0.25) is 0 Å². The van der Waals surface area contributed by atoms with Crippen LogP contribution in [0.5, 0.6) is 0 Å². The highest BCUT2D eigenvalue weighted by atomic mass is 79.9. The Kier molecular flexibility index (Phi) is 4.83. The van der Waals surface area contributed by atoms with Gasteiger partial charge >= 0.3 is 0 Å². The van der Waals surface area contributed by atoms with Gasteiger partial charge in [-0.2, -0.15) is 0 Å². The molecule has 102 valence electrons. The van der Waals surface area contributed by atoms with E-state index in [4.69, 9.17) is 4.42 Å². The third kappa shape index (κ3) is 3.48. The van der Waals surface area contributed by atoms with Crippen molar-refractivity contribution in [2.24, 2.45) is 0 Å². The van der Waals surface area contributed by atoms with E-state index >= 15 is 0 Å². The first-order valence-electron chi connectivity index (χ1n) is 6.65. The minimum absolute atomic E-state index is 0.219. The molecule has 0 aliphatic rings. The average Bonchev–Trinajstić information content (AvgIpc) is 2.79. The second-order valence-corrected chi connectivity index (χ2v) is 5.61. The molecule has 2 aromatic rings. The number of hydrogen-bond donors (Lipinski definition) is 1. The summed E-state index contributed by atoms with van der Waals surface area (Å²) in [6, 6.07) is 10.7. The van der Waals surface area contributed by atoms with Gasteiger partial charge in [0.05, 0.1) is 6.04 Å². The number of likely N-dealkylation sites (N-methyl/N-ethyl adjacent to an activating group) is 1. The molecule has 2 rings (SSSR count). The van der Waals surface area contributed by atoms with E-state index in [1.807, 2.05) is 12.1 Å². The maximum absolute atomic E-state index is 5.70. The van der Waals surface area contributed by atoms with Gasteiger partial charge in [0.2, 0.25) is 0 Å². The fraction of sp³-hybridized carbons (Fsp3) is 0.375. The van der Waals surface area contributed by atoms with Gasteiger partial charge in [0.1, 0.15) is 5.76 Å². The first-order chi connectivity index (χ1) is 9.11. The molecule has 1 aromatic heterocycles. The van der Waals surface area contributed by atoms with Crippen LogP contribution in [-0.2, 0) is 6.42 Å². The van der Waals surface area contributed by atoms with E-state index in [1.165, 1.54) is 16.7 Å². The Hall–Kier alpha value is -1.06. The molecule has 1 atom stereocenters. The van der Waals surface area contributed by atoms with Crippen molar-refractivity contribution < 1.29 is 4.42 Å². The molecule has 0 saturated heterocycles. The van der Waals surface area contributed by atoms with Crippen LogP contribution in [0.1, 0.15) is 35.4 Å². The molecule has 0 saturated carbocycles. The highest BCUT2D eigenvalue weighted by Crippen LogP contribution is 2.26. The monoisotopic (exact) mass is 321 g/mol. The van der Waals surface area contributed by atoms with Crippen LogP contribution in [0.3, 0.4) is 0 Å². The van der Waals surface area contributed by atoms with Crippen LogP contribution >= 0.6 is 15.9 Å². The van der Waals surface area contributed by atoms with Crippen molar-refractivity contribution in [3.63, 3.8) is 0 Å². The van der Waals surface area contributed by atoms with Gasteiger partial charge in [-0.05, 0) is 71.6 Å². The summed E-state index contributed by atoms with van der Waals surface area (Å²) in [5.74, 6) is 0.983. The van der Waals surface area contributed by atoms with Crippen molar-refractivity contribution in [3.8, 4) is 0 Å². The van der Waals surface area contributed by atoms with Gasteiger partial charge in [-0.25, -0.2) is 0 Å². The maximum Gasteiger partial charge on any atom is 0.169 e. The lowest BCUT2D eigenvalue weighted by Crippen LogP contribution is -2.23. The Morgan fingerprint density at radius 2 is 1.84 bits per heavy atom. The van der Waals surface area contributed by atoms with Crippen LogP contribution in [0.4, 0.5) is 0 Å². The summed E-state index contributed by atoms with van der Waals surface area (Å²) in [7, 11) is 0. The SMILES string of the molecule is CCNC(Cc1c(C)cccc1C)c1ccc(Br)o1. The Bertz CT molecular complexity index is 527. The standard InChI is InChI=1S/C16H20BrNO/c1-4-18-14(15-8-9-16(17)19-15)10-13-11(2)6-5-7-12(13)3/h5-9,14,18H,4,10H2,1-3H3. The number of furan rings is 1. The summed E-state index contributed by atoms with van der Waals surface area (Å²) in [5.41, 5.74) is 4.09. The van der Waals surface area contributed by atoms with Crippen LogP contribution in [0, 0.1) is 13.8 Å². The Morgan fingerprint density at radius 1 is 1.16 bits per heavy atom. The lowest BCUT2D eigenvalue weighted by Gasteiger charge is -2.18. The Labute approximate surface area is 123 Å². The van der Waals surface area contributed by atoms with E-state index in [0.717, 1.165) is 23.4 Å². The molecule has 0 bridgehead atoms. The third-order valence-corrected chi connectivity index (χ3v) is 3.87. The zero-order valence-corrected chi connectivity index (χ0v) is 13.3. The summed E-state index contributed by atoms with van der Waals surface area (Å²) in [6.45, 7) is 7.39. The molecule has 0 aliphatic carbocycles. The number of hydrogen-bond acceptors (Lipinski definition) is 2. The normalized spacial score (nSPS) is 12.6. The molecule has 0 fully saturated rings. The number of halogens is 1. The lowest BCUT2D eigenvalue weighted by molar-refractivity contribution is 0.404. The van der Waals surface area contributed by atoms with Crippen molar-refractivity contribution in [1.29, 1.82) is 0 Å². The van der Waals surface area contributed by atoms with Gasteiger partial charge in [0, 0.05) is 0 Å². The van der Waals surface area contributed by atoms with Crippen LogP contribution in [0.25, 0.3) is 0 Å². The van der Waals surface area contributed by atoms with Gasteiger partial charge in [0.15, 0.2) is 4.67 Å². The number of rotatable bonds is 5. The average molecular weight is 322 g/mol. The molecule has 1 aromatic carbocycles. The van der Waals surface area contributed by atoms with Crippen LogP contribution < -0.4 is 5.32 Å². The summed E-state index contributed by atoms with van der Waals surface area (Å²) < 4.78 is 6.49. The summed E-state index contributed by atoms with van der Waals surface area (Å²) in [6.07, 6.45) is 0.951. The molecule has 1 unspecified atom stereocenters. The molecule has 0 radical (unpaired) electrons. The molecular weight excluding hydrogens is 302 g/mol. The van der Waals surface area contributed by atoms with Crippen molar-refractivity contribution in [1.82, 2.24) is 5.32 Å². The molecular formula is C16H20BrNO. The highest BCUT2D eigenvalue weighted by Gasteiger charge is 2.17. The fourth-order valence-electron chi connectivity index (χ4n) is 2.41. The Morgan fingerprint density at radius 3 is 2.37 bits per heavy atom. The minimum Gasteiger partial charge on any atom is -0.453 e. The maximum atomic E-state index is 5.70. The molecule has 3 heteroatoms. The van der Waals surface area contributed by atoms with Gasteiger partial charge in [0.25, 0.3) is 0 Å². The molecule has 1 heterocycles. The van der Waals surface area contributed by atoms with Gasteiger partial charge in [-0.1, -0.05) is 25.1 Å². The van der Waals surface area contributed by atoms with Crippen LogP contribution in [0.15, 0.2) is 39.4 Å². The zero-order valence-electron chi connectivity index (χ0n) is 11.7. The van der Waals surface area contributed by atoms with E-state index in [2.05, 4.69) is 60.2 Å². The predicted octanol–water partition coefficient (Wildman–Crippen LogP) is 4.55. The van der Waals surface area contributed by atoms with E-state index in [-0.39, 0.29) is 6.04 Å². The third-order valence-electron chi connectivity index (χ3n) is 3.44. The van der Waals surface area contributed by atoms with E-state index in [1.54, 1.807) is 0 Å². The number of nitrogens with one attached hydrogen (secondary N) is 1. The fourth-order valence-corrected chi connectivity index (χ4v) is 2.73. The largest absolute Gasteiger partial charge is 0.453 e. The smallest absolute Gasteiger partial charge is 0.169 e. The van der Waals surface area contributed by atoms with E-state index < -0.39 is 0 Å². The van der Waals surface area contributed by atoms with Crippen molar-refractivity contribution in [2.45, 2.75) is 33.2 Å². The van der Waals surface area contributed by atoms with Crippen LogP contribution in [-0.4, -0.2) is 6.54 Å². The highest BCUT2D eigenvalue weighted by molar-refractivity contribution is 9.10. The summed E-state index contributed by atoms with van der Waals surface area (Å²) in [4.78, 5) is 0. The predicted molar refractivity (Wildman–Crippen MR) is 82.4 cm³/mol. The number of aryl methyl sites for hydroxylation is 2. The van der Waals surface area contributed by atoms with Crippen molar-refractivity contribution in [3.05, 3.63) is 57.5 Å². The topological polar surface area (TPSA) is 25.2 Å². The van der Waals surface area contributed by atoms with Crippen molar-refractivity contribution >= 4 is 15.9 Å².